The fourth-order valence-corrected chi connectivity index (χ4v) is 4.05. The molecule has 2 heterocycles. The lowest BCUT2D eigenvalue weighted by molar-refractivity contribution is -0.127. The van der Waals surface area contributed by atoms with Gasteiger partial charge in [-0.2, -0.15) is 0 Å². The molecular formula is C23H28N4O. The molecule has 2 aromatic carbocycles. The third-order valence-electron chi connectivity index (χ3n) is 5.86. The van der Waals surface area contributed by atoms with E-state index >= 15 is 0 Å². The largest absolute Gasteiger partial charge is 0.349 e. The second-order valence-corrected chi connectivity index (χ2v) is 7.77. The summed E-state index contributed by atoms with van der Waals surface area (Å²) in [4.78, 5) is 19.9. The number of carbonyl (C=O) groups excluding carboxylic acids is 1. The number of hydrogen-bond donors (Lipinski definition) is 1. The van der Waals surface area contributed by atoms with Crippen molar-refractivity contribution in [3.05, 3.63) is 66.0 Å². The van der Waals surface area contributed by atoms with Crippen LogP contribution in [0.25, 0.3) is 11.0 Å². The van der Waals surface area contributed by atoms with Crippen molar-refractivity contribution in [2.75, 3.05) is 13.1 Å². The molecule has 5 heteroatoms. The zero-order valence-corrected chi connectivity index (χ0v) is 16.6. The summed E-state index contributed by atoms with van der Waals surface area (Å²) in [6.45, 7) is 4.75. The van der Waals surface area contributed by atoms with Gasteiger partial charge in [0, 0.05) is 13.0 Å². The van der Waals surface area contributed by atoms with Gasteiger partial charge >= 0.3 is 0 Å². The van der Waals surface area contributed by atoms with Crippen molar-refractivity contribution in [3.63, 3.8) is 0 Å². The Labute approximate surface area is 166 Å². The lowest BCUT2D eigenvalue weighted by Crippen LogP contribution is -2.41. The van der Waals surface area contributed by atoms with Crippen LogP contribution in [-0.4, -0.2) is 33.4 Å². The highest BCUT2D eigenvalue weighted by Crippen LogP contribution is 2.22. The summed E-state index contributed by atoms with van der Waals surface area (Å²) in [5.41, 5.74) is 3.36. The molecule has 0 spiro atoms. The Balaban J connectivity index is 1.31. The highest BCUT2D eigenvalue weighted by Gasteiger charge is 2.26. The summed E-state index contributed by atoms with van der Waals surface area (Å²) < 4.78 is 2.18. The van der Waals surface area contributed by atoms with Gasteiger partial charge in [-0.05, 0) is 50.6 Å². The SMILES string of the molecule is C[C@@H](NC(=O)C1CCN(Cc2nc3ccccc3n2C)CC1)c1ccccc1. The minimum absolute atomic E-state index is 0.0479. The highest BCUT2D eigenvalue weighted by molar-refractivity contribution is 5.79. The van der Waals surface area contributed by atoms with Crippen molar-refractivity contribution in [2.45, 2.75) is 32.4 Å². The maximum Gasteiger partial charge on any atom is 0.223 e. The summed E-state index contributed by atoms with van der Waals surface area (Å²) in [5.74, 6) is 1.36. The van der Waals surface area contributed by atoms with Gasteiger partial charge in [0.25, 0.3) is 0 Å². The van der Waals surface area contributed by atoms with Crippen LogP contribution in [0.4, 0.5) is 0 Å². The van der Waals surface area contributed by atoms with E-state index in [1.807, 2.05) is 37.3 Å². The fraction of sp³-hybridized carbons (Fsp3) is 0.391. The van der Waals surface area contributed by atoms with E-state index in [1.165, 1.54) is 5.52 Å². The lowest BCUT2D eigenvalue weighted by Gasteiger charge is -2.31. The molecule has 28 heavy (non-hydrogen) atoms. The van der Waals surface area contributed by atoms with Crippen LogP contribution in [0.5, 0.6) is 0 Å². The summed E-state index contributed by atoms with van der Waals surface area (Å²) in [7, 11) is 2.08. The Hall–Kier alpha value is -2.66. The number of rotatable bonds is 5. The van der Waals surface area contributed by atoms with E-state index < -0.39 is 0 Å². The van der Waals surface area contributed by atoms with E-state index in [1.54, 1.807) is 0 Å². The summed E-state index contributed by atoms with van der Waals surface area (Å²) >= 11 is 0. The molecule has 1 N–H and O–H groups in total. The number of imidazole rings is 1. The first-order chi connectivity index (χ1) is 13.6. The van der Waals surface area contributed by atoms with E-state index in [2.05, 4.69) is 46.1 Å². The third kappa shape index (κ3) is 3.94. The third-order valence-corrected chi connectivity index (χ3v) is 5.86. The number of aryl methyl sites for hydroxylation is 1. The van der Waals surface area contributed by atoms with Crippen LogP contribution in [0.15, 0.2) is 54.6 Å². The van der Waals surface area contributed by atoms with Gasteiger partial charge in [0.2, 0.25) is 5.91 Å². The van der Waals surface area contributed by atoms with Gasteiger partial charge in [0.1, 0.15) is 5.82 Å². The number of fused-ring (bicyclic) bond motifs is 1. The number of likely N-dealkylation sites (tertiary alicyclic amines) is 1. The van der Waals surface area contributed by atoms with Gasteiger partial charge < -0.3 is 9.88 Å². The molecule has 1 fully saturated rings. The van der Waals surface area contributed by atoms with Gasteiger partial charge in [-0.25, -0.2) is 4.98 Å². The van der Waals surface area contributed by atoms with E-state index in [4.69, 9.17) is 4.98 Å². The van der Waals surface area contributed by atoms with Crippen LogP contribution < -0.4 is 5.32 Å². The average Bonchev–Trinajstić information content (AvgIpc) is 3.05. The highest BCUT2D eigenvalue weighted by atomic mass is 16.1. The van der Waals surface area contributed by atoms with E-state index in [9.17, 15) is 4.79 Å². The van der Waals surface area contributed by atoms with Crippen LogP contribution in [0.1, 0.15) is 37.2 Å². The summed E-state index contributed by atoms with van der Waals surface area (Å²) in [5, 5.41) is 3.18. The van der Waals surface area contributed by atoms with E-state index in [-0.39, 0.29) is 17.9 Å². The molecule has 1 amide bonds. The quantitative estimate of drug-likeness (QED) is 0.739. The Morgan fingerprint density at radius 1 is 1.11 bits per heavy atom. The summed E-state index contributed by atoms with van der Waals surface area (Å²) in [6.07, 6.45) is 1.80. The Bertz CT molecular complexity index is 942. The molecule has 0 bridgehead atoms. The van der Waals surface area contributed by atoms with Gasteiger partial charge in [-0.1, -0.05) is 42.5 Å². The normalized spacial score (nSPS) is 16.9. The number of para-hydroxylation sites is 2. The lowest BCUT2D eigenvalue weighted by atomic mass is 9.95. The van der Waals surface area contributed by atoms with Gasteiger partial charge in [0.05, 0.1) is 23.6 Å². The number of piperidine rings is 1. The summed E-state index contributed by atoms with van der Waals surface area (Å²) in [6, 6.07) is 18.4. The molecule has 0 unspecified atom stereocenters. The molecule has 5 nitrogen and oxygen atoms in total. The molecule has 0 aliphatic carbocycles. The Kier molecular flexibility index (Phi) is 5.44. The predicted molar refractivity (Wildman–Crippen MR) is 112 cm³/mol. The van der Waals surface area contributed by atoms with Crippen LogP contribution >= 0.6 is 0 Å². The van der Waals surface area contributed by atoms with Crippen molar-refractivity contribution < 1.29 is 4.79 Å². The van der Waals surface area contributed by atoms with Crippen LogP contribution in [0.3, 0.4) is 0 Å². The molecule has 0 radical (unpaired) electrons. The van der Waals surface area contributed by atoms with Gasteiger partial charge in [0.15, 0.2) is 0 Å². The number of amides is 1. The second-order valence-electron chi connectivity index (χ2n) is 7.77. The van der Waals surface area contributed by atoms with E-state index in [0.717, 1.165) is 49.4 Å². The Morgan fingerprint density at radius 3 is 2.50 bits per heavy atom. The van der Waals surface area contributed by atoms with Gasteiger partial charge in [-0.3, -0.25) is 9.69 Å². The van der Waals surface area contributed by atoms with Crippen LogP contribution in [-0.2, 0) is 18.4 Å². The number of aromatic nitrogens is 2. The number of benzene rings is 2. The van der Waals surface area contributed by atoms with Gasteiger partial charge in [-0.15, -0.1) is 0 Å². The zero-order chi connectivity index (χ0) is 19.5. The zero-order valence-electron chi connectivity index (χ0n) is 16.6. The molecule has 1 aliphatic heterocycles. The van der Waals surface area contributed by atoms with E-state index in [0.29, 0.717) is 0 Å². The first kappa shape index (κ1) is 18.7. The van der Waals surface area contributed by atoms with Crippen molar-refractivity contribution in [1.29, 1.82) is 0 Å². The number of nitrogens with zero attached hydrogens (tertiary/aromatic N) is 3. The minimum Gasteiger partial charge on any atom is -0.349 e. The molecule has 1 aliphatic rings. The average molecular weight is 377 g/mol. The van der Waals surface area contributed by atoms with Crippen LogP contribution in [0, 0.1) is 5.92 Å². The first-order valence-electron chi connectivity index (χ1n) is 10.1. The standard InChI is InChI=1S/C23H28N4O/c1-17(18-8-4-3-5-9-18)24-23(28)19-12-14-27(15-13-19)16-22-25-20-10-6-7-11-21(20)26(22)2/h3-11,17,19H,12-16H2,1-2H3,(H,24,28)/t17-/m1/s1. The molecule has 4 rings (SSSR count). The molecule has 1 saturated heterocycles. The predicted octanol–water partition coefficient (Wildman–Crippen LogP) is 3.66. The number of nitrogens with one attached hydrogen (secondary N) is 1. The molecule has 1 aromatic heterocycles. The minimum atomic E-state index is 0.0479. The maximum absolute atomic E-state index is 12.7. The topological polar surface area (TPSA) is 50.2 Å². The fourth-order valence-electron chi connectivity index (χ4n) is 4.05. The second kappa shape index (κ2) is 8.15. The molecule has 0 saturated carbocycles. The van der Waals surface area contributed by atoms with Crippen LogP contribution in [0.2, 0.25) is 0 Å². The van der Waals surface area contributed by atoms with Crippen molar-refractivity contribution in [2.24, 2.45) is 13.0 Å². The Morgan fingerprint density at radius 2 is 1.79 bits per heavy atom. The number of hydrogen-bond acceptors (Lipinski definition) is 3. The maximum atomic E-state index is 12.7. The molecular weight excluding hydrogens is 348 g/mol. The number of carbonyl (C=O) groups is 1. The molecule has 1 atom stereocenters. The monoisotopic (exact) mass is 376 g/mol. The van der Waals surface area contributed by atoms with Crippen molar-refractivity contribution in [1.82, 2.24) is 19.8 Å². The van der Waals surface area contributed by atoms with Crippen molar-refractivity contribution in [3.8, 4) is 0 Å². The van der Waals surface area contributed by atoms with Crippen molar-refractivity contribution >= 4 is 16.9 Å². The smallest absolute Gasteiger partial charge is 0.223 e. The molecule has 3 aromatic rings. The first-order valence-corrected chi connectivity index (χ1v) is 10.1. The molecule has 146 valence electrons.